The number of aromatic nitrogens is 1. The molecule has 78 valence electrons. The smallest absolute Gasteiger partial charge is 0.167 e. The molecule has 0 atom stereocenters. The van der Waals surface area contributed by atoms with Crippen molar-refractivity contribution >= 4 is 33.1 Å². The molecular weight excluding hydrogens is 258 g/mol. The number of carbonyl (C=O) groups excluding carboxylic acids is 1. The van der Waals surface area contributed by atoms with Crippen LogP contribution in [0.15, 0.2) is 22.7 Å². The van der Waals surface area contributed by atoms with Gasteiger partial charge in [0, 0.05) is 18.0 Å². The minimum atomic E-state index is 0.637. The number of aryl methyl sites for hydroxylation is 1. The first-order chi connectivity index (χ1) is 7.19. The number of nitrogens with zero attached hydrogens (tertiary/aromatic N) is 1. The monoisotopic (exact) mass is 267 g/mol. The van der Waals surface area contributed by atoms with E-state index in [0.717, 1.165) is 27.4 Å². The molecule has 0 aliphatic heterocycles. The Hall–Kier alpha value is -1.29. The Labute approximate surface area is 95.8 Å². The fraction of sp³-hybridized carbons (Fsp3) is 0.182. The van der Waals surface area contributed by atoms with E-state index in [1.807, 2.05) is 29.8 Å². The molecule has 2 rings (SSSR count). The van der Waals surface area contributed by atoms with Gasteiger partial charge in [-0.15, -0.1) is 0 Å². The van der Waals surface area contributed by atoms with E-state index in [2.05, 4.69) is 15.9 Å². The van der Waals surface area contributed by atoms with Gasteiger partial charge in [-0.2, -0.15) is 0 Å². The van der Waals surface area contributed by atoms with Gasteiger partial charge in [0.15, 0.2) is 6.29 Å². The molecule has 0 spiro atoms. The van der Waals surface area contributed by atoms with Crippen LogP contribution in [0.1, 0.15) is 10.5 Å². The van der Waals surface area contributed by atoms with Crippen molar-refractivity contribution in [3.8, 4) is 5.75 Å². The second-order valence-electron chi connectivity index (χ2n) is 3.26. The van der Waals surface area contributed by atoms with Crippen LogP contribution in [0.25, 0.3) is 10.9 Å². The topological polar surface area (TPSA) is 31.2 Å². The van der Waals surface area contributed by atoms with Crippen LogP contribution in [0.4, 0.5) is 0 Å². The van der Waals surface area contributed by atoms with Gasteiger partial charge in [-0.1, -0.05) is 0 Å². The molecule has 1 heterocycles. The fourth-order valence-electron chi connectivity index (χ4n) is 1.66. The lowest BCUT2D eigenvalue weighted by Crippen LogP contribution is -1.93. The Bertz CT molecular complexity index is 531. The van der Waals surface area contributed by atoms with Gasteiger partial charge in [-0.05, 0) is 34.1 Å². The molecule has 2 aromatic rings. The number of aldehydes is 1. The van der Waals surface area contributed by atoms with E-state index in [1.165, 1.54) is 0 Å². The number of fused-ring (bicyclic) bond motifs is 1. The van der Waals surface area contributed by atoms with Gasteiger partial charge in [0.05, 0.1) is 17.3 Å². The quantitative estimate of drug-likeness (QED) is 0.784. The number of halogens is 1. The third-order valence-electron chi connectivity index (χ3n) is 2.50. The maximum Gasteiger partial charge on any atom is 0.167 e. The standard InChI is InChI=1S/C11H10BrNO2/c1-13-9-4-3-7(15-2)5-8(9)11(12)10(13)6-14/h3-6H,1-2H3. The zero-order valence-electron chi connectivity index (χ0n) is 8.45. The zero-order valence-corrected chi connectivity index (χ0v) is 10.0. The van der Waals surface area contributed by atoms with Gasteiger partial charge >= 0.3 is 0 Å². The van der Waals surface area contributed by atoms with Crippen molar-refractivity contribution in [1.29, 1.82) is 0 Å². The summed E-state index contributed by atoms with van der Waals surface area (Å²) in [5, 5.41) is 0.985. The first-order valence-electron chi connectivity index (χ1n) is 4.46. The molecule has 15 heavy (non-hydrogen) atoms. The molecule has 0 N–H and O–H groups in total. The van der Waals surface area contributed by atoms with E-state index < -0.39 is 0 Å². The van der Waals surface area contributed by atoms with E-state index in [1.54, 1.807) is 7.11 Å². The molecule has 3 nitrogen and oxygen atoms in total. The Kier molecular flexibility index (Phi) is 2.52. The molecule has 0 bridgehead atoms. The molecule has 0 unspecified atom stereocenters. The lowest BCUT2D eigenvalue weighted by Gasteiger charge is -2.00. The lowest BCUT2D eigenvalue weighted by atomic mass is 10.2. The van der Waals surface area contributed by atoms with Crippen molar-refractivity contribution in [2.24, 2.45) is 7.05 Å². The molecule has 1 aromatic heterocycles. The third kappa shape index (κ3) is 1.45. The zero-order chi connectivity index (χ0) is 11.0. The Morgan fingerprint density at radius 1 is 1.47 bits per heavy atom. The molecule has 0 aliphatic rings. The van der Waals surface area contributed by atoms with Gasteiger partial charge in [0.1, 0.15) is 5.75 Å². The first kappa shape index (κ1) is 10.2. The van der Waals surface area contributed by atoms with E-state index in [-0.39, 0.29) is 0 Å². The Morgan fingerprint density at radius 3 is 2.80 bits per heavy atom. The number of benzene rings is 1. The van der Waals surface area contributed by atoms with Crippen LogP contribution in [-0.2, 0) is 7.05 Å². The average Bonchev–Trinajstić information content (AvgIpc) is 2.51. The predicted molar refractivity (Wildman–Crippen MR) is 62.6 cm³/mol. The van der Waals surface area contributed by atoms with E-state index in [0.29, 0.717) is 5.69 Å². The van der Waals surface area contributed by atoms with Crippen molar-refractivity contribution in [3.05, 3.63) is 28.4 Å². The van der Waals surface area contributed by atoms with Crippen LogP contribution in [0, 0.1) is 0 Å². The highest BCUT2D eigenvalue weighted by molar-refractivity contribution is 9.10. The van der Waals surface area contributed by atoms with Crippen LogP contribution in [0.5, 0.6) is 5.75 Å². The normalized spacial score (nSPS) is 10.6. The summed E-state index contributed by atoms with van der Waals surface area (Å²) < 4.78 is 7.81. The highest BCUT2D eigenvalue weighted by Gasteiger charge is 2.12. The van der Waals surface area contributed by atoms with Crippen molar-refractivity contribution < 1.29 is 9.53 Å². The fourth-order valence-corrected chi connectivity index (χ4v) is 2.33. The summed E-state index contributed by atoms with van der Waals surface area (Å²) in [6, 6.07) is 5.72. The number of hydrogen-bond acceptors (Lipinski definition) is 2. The molecule has 0 saturated heterocycles. The molecular formula is C11H10BrNO2. The van der Waals surface area contributed by atoms with E-state index >= 15 is 0 Å². The van der Waals surface area contributed by atoms with Gasteiger partial charge < -0.3 is 9.30 Å². The SMILES string of the molecule is COc1ccc2c(c1)c(Br)c(C=O)n2C. The predicted octanol–water partition coefficient (Wildman–Crippen LogP) is 2.76. The Balaban J connectivity index is 2.83. The lowest BCUT2D eigenvalue weighted by molar-refractivity contribution is 0.111. The highest BCUT2D eigenvalue weighted by atomic mass is 79.9. The van der Waals surface area contributed by atoms with Crippen LogP contribution in [-0.4, -0.2) is 18.0 Å². The Morgan fingerprint density at radius 2 is 2.20 bits per heavy atom. The minimum Gasteiger partial charge on any atom is -0.497 e. The second-order valence-corrected chi connectivity index (χ2v) is 4.05. The first-order valence-corrected chi connectivity index (χ1v) is 5.25. The highest BCUT2D eigenvalue weighted by Crippen LogP contribution is 2.31. The average molecular weight is 268 g/mol. The van der Waals surface area contributed by atoms with E-state index in [4.69, 9.17) is 4.74 Å². The van der Waals surface area contributed by atoms with Crippen molar-refractivity contribution in [3.63, 3.8) is 0 Å². The number of carbonyl (C=O) groups is 1. The summed E-state index contributed by atoms with van der Waals surface area (Å²) in [7, 11) is 3.49. The summed E-state index contributed by atoms with van der Waals surface area (Å²) in [5.41, 5.74) is 1.64. The third-order valence-corrected chi connectivity index (χ3v) is 3.33. The molecule has 0 fully saturated rings. The van der Waals surface area contributed by atoms with Gasteiger partial charge in [0.25, 0.3) is 0 Å². The van der Waals surface area contributed by atoms with Crippen LogP contribution in [0.3, 0.4) is 0 Å². The molecule has 0 amide bonds. The summed E-state index contributed by atoms with van der Waals surface area (Å²) in [4.78, 5) is 10.9. The second kappa shape index (κ2) is 3.70. The molecule has 0 saturated carbocycles. The number of rotatable bonds is 2. The number of methoxy groups -OCH3 is 1. The van der Waals surface area contributed by atoms with Crippen LogP contribution >= 0.6 is 15.9 Å². The van der Waals surface area contributed by atoms with Crippen LogP contribution < -0.4 is 4.74 Å². The summed E-state index contributed by atoms with van der Waals surface area (Å²) >= 11 is 3.42. The summed E-state index contributed by atoms with van der Waals surface area (Å²) in [6.45, 7) is 0. The largest absolute Gasteiger partial charge is 0.497 e. The van der Waals surface area contributed by atoms with Crippen molar-refractivity contribution in [2.75, 3.05) is 7.11 Å². The minimum absolute atomic E-state index is 0.637. The van der Waals surface area contributed by atoms with Gasteiger partial charge in [-0.3, -0.25) is 4.79 Å². The van der Waals surface area contributed by atoms with Crippen molar-refractivity contribution in [2.45, 2.75) is 0 Å². The molecule has 4 heteroatoms. The summed E-state index contributed by atoms with van der Waals surface area (Å²) in [6.07, 6.45) is 0.844. The van der Waals surface area contributed by atoms with Gasteiger partial charge in [-0.25, -0.2) is 0 Å². The maximum absolute atomic E-state index is 10.9. The molecule has 0 aliphatic carbocycles. The maximum atomic E-state index is 10.9. The molecule has 1 aromatic carbocycles. The van der Waals surface area contributed by atoms with Gasteiger partial charge in [0.2, 0.25) is 0 Å². The van der Waals surface area contributed by atoms with Crippen molar-refractivity contribution in [1.82, 2.24) is 4.57 Å². The van der Waals surface area contributed by atoms with E-state index in [9.17, 15) is 4.79 Å². The molecule has 0 radical (unpaired) electrons. The number of ether oxygens (including phenoxy) is 1. The van der Waals surface area contributed by atoms with Crippen LogP contribution in [0.2, 0.25) is 0 Å². The summed E-state index contributed by atoms with van der Waals surface area (Å²) in [5.74, 6) is 0.784. The number of hydrogen-bond donors (Lipinski definition) is 0.